The lowest BCUT2D eigenvalue weighted by molar-refractivity contribution is -0.136. The van der Waals surface area contributed by atoms with Crippen LogP contribution < -0.4 is 14.8 Å². The number of hydrogen-bond acceptors (Lipinski definition) is 5. The number of carbonyl (C=O) groups excluding carboxylic acids is 2. The molecule has 0 spiro atoms. The van der Waals surface area contributed by atoms with Gasteiger partial charge in [0.05, 0.1) is 24.5 Å². The average molecular weight is 427 g/mol. The van der Waals surface area contributed by atoms with Crippen molar-refractivity contribution < 1.29 is 19.1 Å². The molecule has 2 amide bonds. The van der Waals surface area contributed by atoms with Crippen molar-refractivity contribution in [3.8, 4) is 11.5 Å². The first-order valence-electron chi connectivity index (χ1n) is 9.44. The van der Waals surface area contributed by atoms with Crippen LogP contribution in [0.4, 0.5) is 5.69 Å². The largest absolute Gasteiger partial charge is 0.495 e. The molecule has 2 aromatic rings. The van der Waals surface area contributed by atoms with Gasteiger partial charge in [-0.3, -0.25) is 14.5 Å². The van der Waals surface area contributed by atoms with Gasteiger partial charge in [-0.2, -0.15) is 0 Å². The van der Waals surface area contributed by atoms with E-state index in [1.165, 1.54) is 13.2 Å². The molecule has 0 aromatic heterocycles. The summed E-state index contributed by atoms with van der Waals surface area (Å²) in [6.07, 6.45) is 1.54. The van der Waals surface area contributed by atoms with Gasteiger partial charge in [-0.25, -0.2) is 0 Å². The molecule has 6 nitrogen and oxygen atoms in total. The second-order valence-electron chi connectivity index (χ2n) is 6.92. The number of ether oxygens (including phenoxy) is 2. The minimum absolute atomic E-state index is 0.0281. The lowest BCUT2D eigenvalue weighted by Crippen LogP contribution is -2.32. The van der Waals surface area contributed by atoms with Crippen molar-refractivity contribution >= 4 is 34.7 Å². The van der Waals surface area contributed by atoms with Gasteiger partial charge in [-0.1, -0.05) is 29.8 Å². The first kappa shape index (κ1) is 21.5. The number of methoxy groups -OCH3 is 1. The summed E-state index contributed by atoms with van der Waals surface area (Å²) in [5.41, 5.74) is 1.50. The van der Waals surface area contributed by atoms with Crippen LogP contribution >= 0.6 is 11.6 Å². The average Bonchev–Trinajstić information content (AvgIpc) is 2.93. The Kier molecular flexibility index (Phi) is 6.47. The SMILES string of the molecule is C=CCN1C(=O)C(Nc2cc(Cl)ccc2OC)=C(c2ccc(OC(C)C)cc2)C1=O. The van der Waals surface area contributed by atoms with E-state index in [1.807, 2.05) is 13.8 Å². The van der Waals surface area contributed by atoms with Gasteiger partial charge in [-0.15, -0.1) is 6.58 Å². The maximum atomic E-state index is 13.1. The highest BCUT2D eigenvalue weighted by atomic mass is 35.5. The van der Waals surface area contributed by atoms with Crippen molar-refractivity contribution in [3.05, 3.63) is 71.4 Å². The number of halogens is 1. The van der Waals surface area contributed by atoms with Gasteiger partial charge >= 0.3 is 0 Å². The van der Waals surface area contributed by atoms with Crippen molar-refractivity contribution in [1.82, 2.24) is 4.90 Å². The molecule has 0 saturated heterocycles. The molecule has 0 fully saturated rings. The summed E-state index contributed by atoms with van der Waals surface area (Å²) < 4.78 is 11.0. The van der Waals surface area contributed by atoms with Gasteiger partial charge < -0.3 is 14.8 Å². The Morgan fingerprint density at radius 2 is 1.83 bits per heavy atom. The van der Waals surface area contributed by atoms with Gasteiger partial charge in [0, 0.05) is 11.6 Å². The summed E-state index contributed by atoms with van der Waals surface area (Å²) in [5, 5.41) is 3.53. The molecule has 0 aliphatic carbocycles. The Morgan fingerprint density at radius 3 is 2.43 bits per heavy atom. The molecule has 1 N–H and O–H groups in total. The number of anilines is 1. The van der Waals surface area contributed by atoms with Crippen molar-refractivity contribution in [2.24, 2.45) is 0 Å². The molecule has 2 aromatic carbocycles. The lowest BCUT2D eigenvalue weighted by atomic mass is 10.0. The smallest absolute Gasteiger partial charge is 0.278 e. The molecule has 0 radical (unpaired) electrons. The first-order valence-corrected chi connectivity index (χ1v) is 9.82. The van der Waals surface area contributed by atoms with Crippen LogP contribution in [-0.4, -0.2) is 36.5 Å². The van der Waals surface area contributed by atoms with Crippen LogP contribution in [-0.2, 0) is 9.59 Å². The minimum Gasteiger partial charge on any atom is -0.495 e. The number of amides is 2. The maximum Gasteiger partial charge on any atom is 0.278 e. The Labute approximate surface area is 180 Å². The molecule has 0 saturated carbocycles. The number of carbonyl (C=O) groups is 2. The fourth-order valence-electron chi connectivity index (χ4n) is 3.14. The highest BCUT2D eigenvalue weighted by molar-refractivity contribution is 6.36. The standard InChI is InChI=1S/C23H23ClN2O4/c1-5-12-26-22(27)20(15-6-9-17(10-7-15)30-14(2)3)21(23(26)28)25-18-13-16(24)8-11-19(18)29-4/h5-11,13-14,25H,1,12H2,2-4H3. The highest BCUT2D eigenvalue weighted by Crippen LogP contribution is 2.35. The maximum absolute atomic E-state index is 13.1. The molecule has 1 aliphatic heterocycles. The third-order valence-electron chi connectivity index (χ3n) is 4.42. The zero-order valence-corrected chi connectivity index (χ0v) is 17.8. The normalized spacial score (nSPS) is 13.8. The molecule has 1 heterocycles. The monoisotopic (exact) mass is 426 g/mol. The van der Waals surface area contributed by atoms with E-state index in [4.69, 9.17) is 21.1 Å². The number of nitrogens with one attached hydrogen (secondary N) is 1. The minimum atomic E-state index is -0.445. The number of hydrogen-bond donors (Lipinski definition) is 1. The van der Waals surface area contributed by atoms with E-state index in [9.17, 15) is 9.59 Å². The summed E-state index contributed by atoms with van der Waals surface area (Å²) in [6, 6.07) is 12.1. The molecule has 0 unspecified atom stereocenters. The molecular formula is C23H23ClN2O4. The van der Waals surface area contributed by atoms with Crippen LogP contribution in [0.15, 0.2) is 60.8 Å². The van der Waals surface area contributed by atoms with Crippen molar-refractivity contribution in [1.29, 1.82) is 0 Å². The Morgan fingerprint density at radius 1 is 1.13 bits per heavy atom. The lowest BCUT2D eigenvalue weighted by Gasteiger charge is -2.14. The van der Waals surface area contributed by atoms with E-state index in [0.717, 1.165) is 4.90 Å². The molecular weight excluding hydrogens is 404 g/mol. The van der Waals surface area contributed by atoms with E-state index in [0.29, 0.717) is 27.8 Å². The summed E-state index contributed by atoms with van der Waals surface area (Å²) in [6.45, 7) is 7.61. The second kappa shape index (κ2) is 9.05. The second-order valence-corrected chi connectivity index (χ2v) is 7.36. The molecule has 0 atom stereocenters. The predicted molar refractivity (Wildman–Crippen MR) is 118 cm³/mol. The summed E-state index contributed by atoms with van der Waals surface area (Å²) in [5.74, 6) is 0.329. The van der Waals surface area contributed by atoms with E-state index < -0.39 is 11.8 Å². The van der Waals surface area contributed by atoms with Gasteiger partial charge in [0.2, 0.25) is 0 Å². The third-order valence-corrected chi connectivity index (χ3v) is 4.65. The Balaban J connectivity index is 2.07. The van der Waals surface area contributed by atoms with E-state index >= 15 is 0 Å². The van der Waals surface area contributed by atoms with Crippen LogP contribution in [0.1, 0.15) is 19.4 Å². The Hall–Kier alpha value is -3.25. The first-order chi connectivity index (χ1) is 14.3. The van der Waals surface area contributed by atoms with Crippen molar-refractivity contribution in [2.75, 3.05) is 19.0 Å². The van der Waals surface area contributed by atoms with Crippen molar-refractivity contribution in [2.45, 2.75) is 20.0 Å². The van der Waals surface area contributed by atoms with Crippen molar-refractivity contribution in [3.63, 3.8) is 0 Å². The molecule has 30 heavy (non-hydrogen) atoms. The van der Waals surface area contributed by atoms with Gasteiger partial charge in [-0.05, 0) is 49.7 Å². The van der Waals surface area contributed by atoms with Crippen LogP contribution in [0.25, 0.3) is 5.57 Å². The number of nitrogens with zero attached hydrogens (tertiary/aromatic N) is 1. The Bertz CT molecular complexity index is 1010. The number of benzene rings is 2. The quantitative estimate of drug-likeness (QED) is 0.496. The van der Waals surface area contributed by atoms with E-state index in [-0.39, 0.29) is 23.9 Å². The fourth-order valence-corrected chi connectivity index (χ4v) is 3.31. The number of imide groups is 1. The molecule has 1 aliphatic rings. The zero-order chi connectivity index (χ0) is 21.8. The summed E-state index contributed by atoms with van der Waals surface area (Å²) >= 11 is 6.11. The zero-order valence-electron chi connectivity index (χ0n) is 17.1. The van der Waals surface area contributed by atoms with E-state index in [1.54, 1.807) is 42.5 Å². The fraction of sp³-hybridized carbons (Fsp3) is 0.217. The van der Waals surface area contributed by atoms with Crippen LogP contribution in [0.5, 0.6) is 11.5 Å². The van der Waals surface area contributed by atoms with E-state index in [2.05, 4.69) is 11.9 Å². The highest BCUT2D eigenvalue weighted by Gasteiger charge is 2.38. The van der Waals surface area contributed by atoms with Crippen LogP contribution in [0, 0.1) is 0 Å². The number of rotatable bonds is 8. The van der Waals surface area contributed by atoms with Gasteiger partial charge in [0.1, 0.15) is 17.2 Å². The molecule has 156 valence electrons. The van der Waals surface area contributed by atoms with Gasteiger partial charge in [0.25, 0.3) is 11.8 Å². The summed E-state index contributed by atoms with van der Waals surface area (Å²) in [4.78, 5) is 27.2. The van der Waals surface area contributed by atoms with Gasteiger partial charge in [0.15, 0.2) is 0 Å². The third kappa shape index (κ3) is 4.33. The predicted octanol–water partition coefficient (Wildman–Crippen LogP) is 4.51. The topological polar surface area (TPSA) is 67.9 Å². The van der Waals surface area contributed by atoms with Crippen LogP contribution in [0.3, 0.4) is 0 Å². The molecule has 3 rings (SSSR count). The summed E-state index contributed by atoms with van der Waals surface area (Å²) in [7, 11) is 1.52. The molecule has 7 heteroatoms. The van der Waals surface area contributed by atoms with Crippen LogP contribution in [0.2, 0.25) is 5.02 Å². The molecule has 0 bridgehead atoms.